The molecule has 0 aliphatic carbocycles. The molecule has 0 saturated carbocycles. The Hall–Kier alpha value is -2.29. The van der Waals surface area contributed by atoms with Gasteiger partial charge in [-0.1, -0.05) is 18.6 Å². The third kappa shape index (κ3) is 5.65. The van der Waals surface area contributed by atoms with E-state index >= 15 is 0 Å². The Balaban J connectivity index is 1.61. The first-order valence-corrected chi connectivity index (χ1v) is 11.8. The third-order valence-corrected chi connectivity index (χ3v) is 7.44. The summed E-state index contributed by atoms with van der Waals surface area (Å²) in [5.74, 6) is -0.175. The van der Waals surface area contributed by atoms with Crippen LogP contribution in [-0.2, 0) is 21.2 Å². The summed E-state index contributed by atoms with van der Waals surface area (Å²) in [4.78, 5) is 19.2. The minimum atomic E-state index is -3.53. The van der Waals surface area contributed by atoms with Crippen LogP contribution in [-0.4, -0.2) is 61.2 Å². The molecule has 2 aromatic rings. The van der Waals surface area contributed by atoms with E-state index in [0.717, 1.165) is 31.4 Å². The second-order valence-corrected chi connectivity index (χ2v) is 9.65. The van der Waals surface area contributed by atoms with Gasteiger partial charge in [-0.2, -0.15) is 4.31 Å². The molecule has 3 rings (SSSR count). The highest BCUT2D eigenvalue weighted by molar-refractivity contribution is 7.89. The Morgan fingerprint density at radius 3 is 2.63 bits per heavy atom. The highest BCUT2D eigenvalue weighted by Crippen LogP contribution is 2.23. The topological polar surface area (TPSA) is 82.6 Å². The Morgan fingerprint density at radius 1 is 1.17 bits per heavy atom. The van der Waals surface area contributed by atoms with Crippen molar-refractivity contribution in [1.29, 1.82) is 0 Å². The Labute approximate surface area is 179 Å². The summed E-state index contributed by atoms with van der Waals surface area (Å²) in [5.41, 5.74) is 1.47. The molecule has 1 amide bonds. The first-order chi connectivity index (χ1) is 14.4. The highest BCUT2D eigenvalue weighted by atomic mass is 32.2. The number of pyridine rings is 1. The zero-order chi connectivity index (χ0) is 21.6. The molecule has 1 aliphatic rings. The quantitative estimate of drug-likeness (QED) is 0.696. The van der Waals surface area contributed by atoms with Crippen molar-refractivity contribution in [1.82, 2.24) is 14.2 Å². The fourth-order valence-electron chi connectivity index (χ4n) is 3.47. The maximum Gasteiger partial charge on any atom is 0.243 e. The highest BCUT2D eigenvalue weighted by Gasteiger charge is 2.26. The predicted molar refractivity (Wildman–Crippen MR) is 118 cm³/mol. The van der Waals surface area contributed by atoms with Gasteiger partial charge in [0.05, 0.1) is 10.9 Å². The molecular weight excluding hydrogens is 400 g/mol. The van der Waals surface area contributed by atoms with Crippen molar-refractivity contribution < 1.29 is 13.2 Å². The third-order valence-electron chi connectivity index (χ3n) is 5.54. The van der Waals surface area contributed by atoms with Crippen LogP contribution in [0, 0.1) is 0 Å². The summed E-state index contributed by atoms with van der Waals surface area (Å²) in [6, 6.07) is 11.9. The lowest BCUT2D eigenvalue weighted by Crippen LogP contribution is -2.40. The van der Waals surface area contributed by atoms with Gasteiger partial charge < -0.3 is 5.32 Å². The molecule has 1 aromatic heterocycles. The van der Waals surface area contributed by atoms with E-state index in [4.69, 9.17) is 0 Å². The predicted octanol–water partition coefficient (Wildman–Crippen LogP) is 2.76. The molecule has 0 radical (unpaired) electrons. The average Bonchev–Trinajstić information content (AvgIpc) is 2.78. The number of carbonyl (C=O) groups is 1. The number of benzene rings is 1. The summed E-state index contributed by atoms with van der Waals surface area (Å²) in [6.07, 6.45) is 5.35. The van der Waals surface area contributed by atoms with Crippen LogP contribution in [0.2, 0.25) is 0 Å². The van der Waals surface area contributed by atoms with E-state index in [1.54, 1.807) is 30.5 Å². The van der Waals surface area contributed by atoms with Crippen LogP contribution in [0.15, 0.2) is 53.6 Å². The summed E-state index contributed by atoms with van der Waals surface area (Å²) in [6.45, 7) is 3.63. The molecule has 1 saturated heterocycles. The van der Waals surface area contributed by atoms with Gasteiger partial charge in [-0.3, -0.25) is 14.7 Å². The van der Waals surface area contributed by atoms with Crippen LogP contribution in [0.4, 0.5) is 5.69 Å². The van der Waals surface area contributed by atoms with Crippen LogP contribution < -0.4 is 5.32 Å². The monoisotopic (exact) mass is 430 g/mol. The van der Waals surface area contributed by atoms with Crippen molar-refractivity contribution in [2.24, 2.45) is 0 Å². The number of nitrogens with one attached hydrogen (secondary N) is 1. The van der Waals surface area contributed by atoms with Crippen molar-refractivity contribution in [2.45, 2.75) is 43.5 Å². The molecule has 30 heavy (non-hydrogen) atoms. The Morgan fingerprint density at radius 2 is 1.93 bits per heavy atom. The summed E-state index contributed by atoms with van der Waals surface area (Å²) in [7, 11) is -1.64. The van der Waals surface area contributed by atoms with E-state index in [1.165, 1.54) is 4.31 Å². The van der Waals surface area contributed by atoms with Gasteiger partial charge in [0.2, 0.25) is 15.9 Å². The number of anilines is 1. The number of nitrogens with zero attached hydrogens (tertiary/aromatic N) is 3. The number of hydrogen-bond acceptors (Lipinski definition) is 5. The molecule has 0 spiro atoms. The maximum atomic E-state index is 12.9. The van der Waals surface area contributed by atoms with Gasteiger partial charge in [0.25, 0.3) is 0 Å². The van der Waals surface area contributed by atoms with E-state index in [1.807, 2.05) is 37.1 Å². The molecule has 1 fully saturated rings. The van der Waals surface area contributed by atoms with Crippen LogP contribution >= 0.6 is 0 Å². The van der Waals surface area contributed by atoms with E-state index in [0.29, 0.717) is 25.3 Å². The molecule has 1 unspecified atom stereocenters. The fourth-order valence-corrected chi connectivity index (χ4v) is 5.03. The minimum Gasteiger partial charge on any atom is -0.325 e. The summed E-state index contributed by atoms with van der Waals surface area (Å²) >= 11 is 0. The van der Waals surface area contributed by atoms with Gasteiger partial charge in [0.15, 0.2) is 0 Å². The smallest absolute Gasteiger partial charge is 0.243 e. The van der Waals surface area contributed by atoms with Gasteiger partial charge in [-0.05, 0) is 57.1 Å². The number of rotatable bonds is 8. The van der Waals surface area contributed by atoms with E-state index in [9.17, 15) is 13.2 Å². The zero-order valence-electron chi connectivity index (χ0n) is 17.6. The van der Waals surface area contributed by atoms with Gasteiger partial charge in [0.1, 0.15) is 0 Å². The molecule has 1 aliphatic heterocycles. The zero-order valence-corrected chi connectivity index (χ0v) is 18.4. The van der Waals surface area contributed by atoms with Crippen molar-refractivity contribution >= 4 is 21.6 Å². The summed E-state index contributed by atoms with van der Waals surface area (Å²) < 4.78 is 27.3. The first-order valence-electron chi connectivity index (χ1n) is 10.4. The standard InChI is InChI=1S/C22H30N4O3S/c1-18(25(2)16-12-19-9-4-5-13-23-19)22(27)24-20-10-8-11-21(17-20)30(28,29)26-14-6-3-7-15-26/h4-5,8-11,13,17-18H,3,6-7,12,14-16H2,1-2H3,(H,24,27). The number of piperidine rings is 1. The van der Waals surface area contributed by atoms with E-state index < -0.39 is 10.0 Å². The molecule has 1 atom stereocenters. The van der Waals surface area contributed by atoms with Gasteiger partial charge in [-0.15, -0.1) is 0 Å². The van der Waals surface area contributed by atoms with Crippen molar-refractivity contribution in [3.8, 4) is 0 Å². The molecular formula is C22H30N4O3S. The van der Waals surface area contributed by atoms with Crippen molar-refractivity contribution in [2.75, 3.05) is 32.0 Å². The number of amides is 1. The number of likely N-dealkylation sites (N-methyl/N-ethyl adjacent to an activating group) is 1. The number of sulfonamides is 1. The lowest BCUT2D eigenvalue weighted by atomic mass is 10.2. The number of carbonyl (C=O) groups excluding carboxylic acids is 1. The Kier molecular flexibility index (Phi) is 7.58. The molecule has 1 N–H and O–H groups in total. The normalized spacial score (nSPS) is 16.4. The lowest BCUT2D eigenvalue weighted by molar-refractivity contribution is -0.120. The molecule has 8 heteroatoms. The first kappa shape index (κ1) is 22.4. The van der Waals surface area contributed by atoms with Crippen molar-refractivity contribution in [3.05, 3.63) is 54.4 Å². The van der Waals surface area contributed by atoms with E-state index in [2.05, 4.69) is 10.3 Å². The maximum absolute atomic E-state index is 12.9. The minimum absolute atomic E-state index is 0.175. The van der Waals surface area contributed by atoms with Crippen LogP contribution in [0.3, 0.4) is 0 Å². The lowest BCUT2D eigenvalue weighted by Gasteiger charge is -2.26. The van der Waals surface area contributed by atoms with Crippen molar-refractivity contribution in [3.63, 3.8) is 0 Å². The van der Waals surface area contributed by atoms with Crippen LogP contribution in [0.1, 0.15) is 31.9 Å². The molecule has 162 valence electrons. The van der Waals surface area contributed by atoms with Crippen LogP contribution in [0.25, 0.3) is 0 Å². The molecule has 1 aromatic carbocycles. The van der Waals surface area contributed by atoms with Gasteiger partial charge >= 0.3 is 0 Å². The molecule has 2 heterocycles. The van der Waals surface area contributed by atoms with E-state index in [-0.39, 0.29) is 16.8 Å². The van der Waals surface area contributed by atoms with Gasteiger partial charge in [0, 0.05) is 43.6 Å². The largest absolute Gasteiger partial charge is 0.325 e. The molecule has 0 bridgehead atoms. The SMILES string of the molecule is CC(C(=O)Nc1cccc(S(=O)(=O)N2CCCCC2)c1)N(C)CCc1ccccn1. The fraction of sp³-hybridized carbons (Fsp3) is 0.455. The number of aromatic nitrogens is 1. The molecule has 7 nitrogen and oxygen atoms in total. The second kappa shape index (κ2) is 10.1. The average molecular weight is 431 g/mol. The number of hydrogen-bond donors (Lipinski definition) is 1. The second-order valence-electron chi connectivity index (χ2n) is 7.71. The Bertz CT molecular complexity index is 944. The van der Waals surface area contributed by atoms with Gasteiger partial charge in [-0.25, -0.2) is 8.42 Å². The summed E-state index contributed by atoms with van der Waals surface area (Å²) in [5, 5.41) is 2.86. The van der Waals surface area contributed by atoms with Crippen LogP contribution in [0.5, 0.6) is 0 Å².